The van der Waals surface area contributed by atoms with Gasteiger partial charge in [-0.3, -0.25) is 24.3 Å². The minimum Gasteiger partial charge on any atom is -0.493 e. The number of nitrogens with two attached hydrogens (primary N) is 1. The molecule has 13 rings (SSSR count). The van der Waals surface area contributed by atoms with Crippen LogP contribution in [0.15, 0.2) is 146 Å². The lowest BCUT2D eigenvalue weighted by molar-refractivity contribution is 0.0675. The van der Waals surface area contributed by atoms with Crippen molar-refractivity contribution >= 4 is 44.5 Å². The van der Waals surface area contributed by atoms with Crippen LogP contribution in [0, 0.1) is 17.8 Å². The third-order valence-corrected chi connectivity index (χ3v) is 20.4. The molecule has 10 nitrogen and oxygen atoms in total. The number of amides is 1. The average Bonchev–Trinajstić information content (AvgIpc) is 2.19. The number of hydrogen-bond acceptors (Lipinski definition) is 9. The number of rotatable bonds is 19. The summed E-state index contributed by atoms with van der Waals surface area (Å²) in [6.45, 7) is 12.0. The summed E-state index contributed by atoms with van der Waals surface area (Å²) in [5, 5.41) is 11.1. The first-order chi connectivity index (χ1) is 43.3. The molecule has 3 N–H and O–H groups in total. The van der Waals surface area contributed by atoms with Gasteiger partial charge in [-0.15, -0.1) is 0 Å². The Hall–Kier alpha value is -6.14. The molecule has 6 aliphatic rings. The normalized spacial score (nSPS) is 19.9. The second kappa shape index (κ2) is 38.1. The number of carbonyl (C=O) groups excluding carboxylic acids is 2. The third-order valence-electron chi connectivity index (χ3n) is 20.4. The predicted molar refractivity (Wildman–Crippen MR) is 386 cm³/mol. The Morgan fingerprint density at radius 2 is 0.923 bits per heavy atom. The summed E-state index contributed by atoms with van der Waals surface area (Å²) in [4.78, 5) is 34.6. The lowest BCUT2D eigenvalue weighted by Gasteiger charge is -2.34. The van der Waals surface area contributed by atoms with Crippen LogP contribution in [-0.4, -0.2) is 123 Å². The van der Waals surface area contributed by atoms with Gasteiger partial charge in [0.25, 0.3) is 5.91 Å². The van der Waals surface area contributed by atoms with Gasteiger partial charge in [0.2, 0.25) is 0 Å². The molecule has 3 saturated heterocycles. The SMILES string of the molecule is C.C.C.COc1ccc(C(=O)N(Cc2ccc3ccccc3c2)C[C@@H]2CCCN2CC2CCCCC2)cc1OC.NC[C@@H]1CCCN1CC1CCCCC1.O=Cc1ccc2ccccc2c1.c1ccc2cc(CNC[C@@H]3CCCN3CC3CCCCC3)ccc2c1. The largest absolute Gasteiger partial charge is 0.493 e. The Morgan fingerprint density at radius 1 is 0.484 bits per heavy atom. The van der Waals surface area contributed by atoms with Crippen molar-refractivity contribution in [1.82, 2.24) is 24.9 Å². The number of nitrogens with one attached hydrogen (secondary N) is 1. The van der Waals surface area contributed by atoms with Gasteiger partial charge in [-0.1, -0.05) is 189 Å². The molecular weight excluding hydrogens is 1120 g/mol. The fraction of sp³-hybridized carbons (Fsp3) is 0.531. The molecule has 0 radical (unpaired) electrons. The number of methoxy groups -OCH3 is 2. The van der Waals surface area contributed by atoms with E-state index in [1.54, 1.807) is 14.2 Å². The van der Waals surface area contributed by atoms with Gasteiger partial charge in [-0.05, 0) is 194 Å². The molecule has 3 aliphatic heterocycles. The molecule has 91 heavy (non-hydrogen) atoms. The van der Waals surface area contributed by atoms with Crippen molar-refractivity contribution in [2.45, 2.75) is 188 Å². The maximum absolute atomic E-state index is 14.0. The van der Waals surface area contributed by atoms with Crippen molar-refractivity contribution < 1.29 is 19.1 Å². The second-order valence-electron chi connectivity index (χ2n) is 26.6. The van der Waals surface area contributed by atoms with Crippen LogP contribution in [0.4, 0.5) is 0 Å². The van der Waals surface area contributed by atoms with Crippen molar-refractivity contribution in [3.05, 3.63) is 168 Å². The first-order valence-corrected chi connectivity index (χ1v) is 34.4. The Bertz CT molecular complexity index is 3240. The third kappa shape index (κ3) is 21.2. The van der Waals surface area contributed by atoms with E-state index < -0.39 is 0 Å². The van der Waals surface area contributed by atoms with Crippen LogP contribution in [0.1, 0.15) is 189 Å². The molecule has 3 aliphatic carbocycles. The van der Waals surface area contributed by atoms with Crippen molar-refractivity contribution in [3.8, 4) is 11.5 Å². The van der Waals surface area contributed by atoms with E-state index in [1.807, 2.05) is 60.7 Å². The van der Waals surface area contributed by atoms with Gasteiger partial charge in [0.05, 0.1) is 14.2 Å². The standard InChI is InChI=1S/C32H40N2O3.C23H32N2.C12H24N2.C11H8O.3CH4/c1-36-30-17-16-28(20-31(30)37-2)32(35)34(22-25-14-15-26-11-6-7-12-27(26)19-25)23-29-13-8-18-33(29)21-24-9-4-3-5-10-24;1-2-7-19(8-3-1)18-25-14-6-11-23(25)17-24-16-20-12-13-21-9-4-5-10-22(21)15-20;13-9-12-7-4-8-14(12)10-11-5-2-1-3-6-11;12-8-9-5-6-10-3-1-2-4-11(10)7-9;;;/h6-7,11-12,14-17,19-20,24,29H,3-5,8-10,13,18,21-23H2,1-2H3;4-5,9-10,12-13,15,19,23-24H,1-3,6-8,11,14,16-18H2;11-12H,1-10,13H2;1-8H;3*1H4/t29-;23-;12-;;;;/m000..../s1. The van der Waals surface area contributed by atoms with E-state index in [0.717, 1.165) is 85.7 Å². The quantitative estimate of drug-likeness (QED) is 0.0766. The lowest BCUT2D eigenvalue weighted by atomic mass is 9.89. The molecule has 7 aromatic carbocycles. The van der Waals surface area contributed by atoms with E-state index in [4.69, 9.17) is 15.2 Å². The van der Waals surface area contributed by atoms with E-state index in [-0.39, 0.29) is 28.2 Å². The molecule has 0 bridgehead atoms. The fourth-order valence-corrected chi connectivity index (χ4v) is 15.4. The van der Waals surface area contributed by atoms with E-state index in [1.165, 1.54) is 194 Å². The zero-order valence-electron chi connectivity index (χ0n) is 53.5. The van der Waals surface area contributed by atoms with Crippen molar-refractivity contribution in [2.75, 3.05) is 73.1 Å². The summed E-state index contributed by atoms with van der Waals surface area (Å²) >= 11 is 0. The predicted octanol–water partition coefficient (Wildman–Crippen LogP) is 18.1. The Kier molecular flexibility index (Phi) is 30.3. The van der Waals surface area contributed by atoms with Gasteiger partial charge in [0.1, 0.15) is 6.29 Å². The highest BCUT2D eigenvalue weighted by Gasteiger charge is 2.32. The summed E-state index contributed by atoms with van der Waals surface area (Å²) in [5.74, 6) is 4.02. The number of fused-ring (bicyclic) bond motifs is 3. The first kappa shape index (κ1) is 72.3. The highest BCUT2D eigenvalue weighted by Crippen LogP contribution is 2.33. The number of ether oxygens (including phenoxy) is 2. The van der Waals surface area contributed by atoms with Gasteiger partial charge in [-0.25, -0.2) is 0 Å². The molecule has 0 unspecified atom stereocenters. The van der Waals surface area contributed by atoms with E-state index in [2.05, 4.69) is 110 Å². The topological polar surface area (TPSA) is 104 Å². The number of carbonyl (C=O) groups is 2. The van der Waals surface area contributed by atoms with Crippen LogP contribution in [0.2, 0.25) is 0 Å². The molecule has 6 fully saturated rings. The van der Waals surface area contributed by atoms with E-state index in [9.17, 15) is 9.59 Å². The number of likely N-dealkylation sites (tertiary alicyclic amines) is 3. The molecular formula is C81H116N6O4. The Labute approximate surface area is 550 Å². The van der Waals surface area contributed by atoms with Crippen LogP contribution in [0.5, 0.6) is 11.5 Å². The molecule has 3 heterocycles. The monoisotopic (exact) mass is 1240 g/mol. The van der Waals surface area contributed by atoms with E-state index in [0.29, 0.717) is 35.7 Å². The summed E-state index contributed by atoms with van der Waals surface area (Å²) in [5.41, 5.74) is 9.71. The molecule has 3 atom stereocenters. The molecule has 10 heteroatoms. The maximum Gasteiger partial charge on any atom is 0.254 e. The van der Waals surface area contributed by atoms with Gasteiger partial charge < -0.3 is 25.4 Å². The molecule has 7 aromatic rings. The zero-order valence-corrected chi connectivity index (χ0v) is 53.5. The van der Waals surface area contributed by atoms with Crippen LogP contribution in [0.3, 0.4) is 0 Å². The summed E-state index contributed by atoms with van der Waals surface area (Å²) in [6.07, 6.45) is 30.2. The molecule has 1 amide bonds. The summed E-state index contributed by atoms with van der Waals surface area (Å²) < 4.78 is 10.9. The number of benzene rings is 7. The highest BCUT2D eigenvalue weighted by atomic mass is 16.5. The summed E-state index contributed by atoms with van der Waals surface area (Å²) in [7, 11) is 3.23. The molecule has 0 spiro atoms. The molecule has 494 valence electrons. The van der Waals surface area contributed by atoms with Crippen LogP contribution in [-0.2, 0) is 13.1 Å². The maximum atomic E-state index is 14.0. The van der Waals surface area contributed by atoms with Gasteiger partial charge in [-0.2, -0.15) is 0 Å². The number of nitrogens with zero attached hydrogens (tertiary/aromatic N) is 4. The summed E-state index contributed by atoms with van der Waals surface area (Å²) in [6, 6.07) is 51.5. The van der Waals surface area contributed by atoms with Crippen molar-refractivity contribution in [2.24, 2.45) is 23.5 Å². The van der Waals surface area contributed by atoms with Gasteiger partial charge in [0.15, 0.2) is 11.5 Å². The lowest BCUT2D eigenvalue weighted by Crippen LogP contribution is -2.44. The second-order valence-corrected chi connectivity index (χ2v) is 26.6. The number of aldehydes is 1. The van der Waals surface area contributed by atoms with E-state index >= 15 is 0 Å². The Balaban J connectivity index is 0.000000187. The minimum atomic E-state index is 0. The molecule has 3 saturated carbocycles. The average molecular weight is 1240 g/mol. The first-order valence-electron chi connectivity index (χ1n) is 34.4. The Morgan fingerprint density at radius 3 is 1.43 bits per heavy atom. The van der Waals surface area contributed by atoms with Crippen LogP contribution < -0.4 is 20.5 Å². The van der Waals surface area contributed by atoms with Crippen molar-refractivity contribution in [1.29, 1.82) is 0 Å². The van der Waals surface area contributed by atoms with Crippen LogP contribution >= 0.6 is 0 Å². The zero-order chi connectivity index (χ0) is 60.7. The highest BCUT2D eigenvalue weighted by molar-refractivity contribution is 5.95. The van der Waals surface area contributed by atoms with Crippen LogP contribution in [0.25, 0.3) is 32.3 Å². The van der Waals surface area contributed by atoms with Crippen molar-refractivity contribution in [3.63, 3.8) is 0 Å². The van der Waals surface area contributed by atoms with Gasteiger partial charge >= 0.3 is 0 Å². The number of hydrogen-bond donors (Lipinski definition) is 2. The fourth-order valence-electron chi connectivity index (χ4n) is 15.4. The smallest absolute Gasteiger partial charge is 0.254 e. The van der Waals surface area contributed by atoms with Gasteiger partial charge in [0, 0.05) is 81.6 Å². The molecule has 0 aromatic heterocycles. The minimum absolute atomic E-state index is 0.